The summed E-state index contributed by atoms with van der Waals surface area (Å²) < 4.78 is 11.0. The molecular formula is C16H20N2O2. The summed E-state index contributed by atoms with van der Waals surface area (Å²) in [5.41, 5.74) is 0. The lowest BCUT2D eigenvalue weighted by molar-refractivity contribution is 0.0232. The molecule has 2 atom stereocenters. The van der Waals surface area contributed by atoms with Crippen LogP contribution in [-0.4, -0.2) is 30.8 Å². The maximum atomic E-state index is 5.59. The number of nitrogens with one attached hydrogen (secondary N) is 1. The number of benzene rings is 1. The molecule has 0 amide bonds. The van der Waals surface area contributed by atoms with Crippen LogP contribution in [0.3, 0.4) is 0 Å². The summed E-state index contributed by atoms with van der Waals surface area (Å²) in [5.74, 6) is 1.81. The number of fused-ring (bicyclic) bond motifs is 1. The van der Waals surface area contributed by atoms with Crippen molar-refractivity contribution in [1.29, 1.82) is 0 Å². The molecule has 2 heterocycles. The highest BCUT2D eigenvalue weighted by molar-refractivity contribution is 5.95. The zero-order valence-corrected chi connectivity index (χ0v) is 11.9. The monoisotopic (exact) mass is 272 g/mol. The summed E-state index contributed by atoms with van der Waals surface area (Å²) >= 11 is 0. The Labute approximate surface area is 119 Å². The molecule has 0 spiro atoms. The Hall–Kier alpha value is -1.81. The summed E-state index contributed by atoms with van der Waals surface area (Å²) in [6.07, 6.45) is 4.18. The zero-order chi connectivity index (χ0) is 13.9. The lowest BCUT2D eigenvalue weighted by Crippen LogP contribution is -2.32. The highest BCUT2D eigenvalue weighted by Crippen LogP contribution is 2.30. The largest absolute Gasteiger partial charge is 0.496 e. The lowest BCUT2D eigenvalue weighted by Gasteiger charge is -2.28. The minimum absolute atomic E-state index is 0.311. The summed E-state index contributed by atoms with van der Waals surface area (Å²) in [4.78, 5) is 4.49. The summed E-state index contributed by atoms with van der Waals surface area (Å²) in [7, 11) is 1.70. The van der Waals surface area contributed by atoms with E-state index < -0.39 is 0 Å². The summed E-state index contributed by atoms with van der Waals surface area (Å²) in [6.45, 7) is 2.93. The van der Waals surface area contributed by atoms with Gasteiger partial charge in [0.15, 0.2) is 0 Å². The Morgan fingerprint density at radius 3 is 3.00 bits per heavy atom. The first-order valence-corrected chi connectivity index (χ1v) is 7.08. The number of ether oxygens (including phenoxy) is 2. The predicted molar refractivity (Wildman–Crippen MR) is 80.4 cm³/mol. The Bertz CT molecular complexity index is 600. The molecular weight excluding hydrogens is 252 g/mol. The van der Waals surface area contributed by atoms with Gasteiger partial charge in [-0.3, -0.25) is 0 Å². The highest BCUT2D eigenvalue weighted by Gasteiger charge is 2.20. The number of hydrogen-bond acceptors (Lipinski definition) is 4. The molecule has 106 valence electrons. The fourth-order valence-corrected chi connectivity index (χ4v) is 2.79. The molecule has 4 nitrogen and oxygen atoms in total. The van der Waals surface area contributed by atoms with Gasteiger partial charge < -0.3 is 14.8 Å². The van der Waals surface area contributed by atoms with Crippen molar-refractivity contribution in [3.63, 3.8) is 0 Å². The molecule has 0 radical (unpaired) electrons. The van der Waals surface area contributed by atoms with Gasteiger partial charge in [-0.25, -0.2) is 4.98 Å². The first kappa shape index (κ1) is 13.2. The molecule has 2 aromatic rings. The van der Waals surface area contributed by atoms with Crippen molar-refractivity contribution in [2.75, 3.05) is 19.0 Å². The van der Waals surface area contributed by atoms with Gasteiger partial charge in [0.1, 0.15) is 11.6 Å². The first-order valence-electron chi connectivity index (χ1n) is 7.08. The average molecular weight is 272 g/mol. The molecule has 2 unspecified atom stereocenters. The van der Waals surface area contributed by atoms with Gasteiger partial charge in [-0.15, -0.1) is 0 Å². The Morgan fingerprint density at radius 1 is 1.30 bits per heavy atom. The maximum absolute atomic E-state index is 5.59. The maximum Gasteiger partial charge on any atom is 0.134 e. The normalized spacial score (nSPS) is 22.7. The molecule has 1 aliphatic rings. The third kappa shape index (κ3) is 2.56. The zero-order valence-electron chi connectivity index (χ0n) is 11.9. The lowest BCUT2D eigenvalue weighted by atomic mass is 10.0. The van der Waals surface area contributed by atoms with E-state index in [0.29, 0.717) is 12.1 Å². The van der Waals surface area contributed by atoms with Crippen molar-refractivity contribution in [3.05, 3.63) is 30.5 Å². The molecule has 4 heteroatoms. The van der Waals surface area contributed by atoms with E-state index in [1.807, 2.05) is 24.4 Å². The van der Waals surface area contributed by atoms with Crippen molar-refractivity contribution in [1.82, 2.24) is 4.98 Å². The van der Waals surface area contributed by atoms with Crippen molar-refractivity contribution in [3.8, 4) is 5.75 Å². The molecule has 1 aromatic carbocycles. The third-order valence-electron chi connectivity index (χ3n) is 3.81. The SMILES string of the molecule is COc1cccc2c(NC3CCOC(C)C3)nccc12. The van der Waals surface area contributed by atoms with Gasteiger partial charge in [0, 0.05) is 29.6 Å². The van der Waals surface area contributed by atoms with Crippen LogP contribution in [0.5, 0.6) is 5.75 Å². The van der Waals surface area contributed by atoms with Gasteiger partial charge >= 0.3 is 0 Å². The minimum Gasteiger partial charge on any atom is -0.496 e. The second-order valence-electron chi connectivity index (χ2n) is 5.26. The van der Waals surface area contributed by atoms with E-state index in [1.165, 1.54) is 0 Å². The van der Waals surface area contributed by atoms with Gasteiger partial charge in [-0.05, 0) is 31.9 Å². The van der Waals surface area contributed by atoms with Gasteiger partial charge in [0.25, 0.3) is 0 Å². The van der Waals surface area contributed by atoms with E-state index in [-0.39, 0.29) is 0 Å². The molecule has 1 fully saturated rings. The van der Waals surface area contributed by atoms with Crippen molar-refractivity contribution >= 4 is 16.6 Å². The number of pyridine rings is 1. The molecule has 0 saturated carbocycles. The second-order valence-corrected chi connectivity index (χ2v) is 5.26. The molecule has 3 rings (SSSR count). The van der Waals surface area contributed by atoms with Crippen molar-refractivity contribution < 1.29 is 9.47 Å². The van der Waals surface area contributed by atoms with Crippen LogP contribution in [0.4, 0.5) is 5.82 Å². The van der Waals surface area contributed by atoms with Crippen LogP contribution < -0.4 is 10.1 Å². The van der Waals surface area contributed by atoms with Gasteiger partial charge in [-0.1, -0.05) is 12.1 Å². The fraction of sp³-hybridized carbons (Fsp3) is 0.438. The van der Waals surface area contributed by atoms with Gasteiger partial charge in [-0.2, -0.15) is 0 Å². The fourth-order valence-electron chi connectivity index (χ4n) is 2.79. The molecule has 0 aliphatic carbocycles. The van der Waals surface area contributed by atoms with Gasteiger partial charge in [0.2, 0.25) is 0 Å². The molecule has 1 saturated heterocycles. The van der Waals surface area contributed by atoms with Crippen LogP contribution in [0.25, 0.3) is 10.8 Å². The molecule has 20 heavy (non-hydrogen) atoms. The van der Waals surface area contributed by atoms with Crippen LogP contribution in [0.15, 0.2) is 30.5 Å². The number of nitrogens with zero attached hydrogens (tertiary/aromatic N) is 1. The first-order chi connectivity index (χ1) is 9.78. The van der Waals surface area contributed by atoms with Gasteiger partial charge in [0.05, 0.1) is 13.2 Å². The Morgan fingerprint density at radius 2 is 2.20 bits per heavy atom. The minimum atomic E-state index is 0.311. The van der Waals surface area contributed by atoms with Crippen molar-refractivity contribution in [2.24, 2.45) is 0 Å². The number of rotatable bonds is 3. The molecule has 1 N–H and O–H groups in total. The smallest absolute Gasteiger partial charge is 0.134 e. The number of aromatic nitrogens is 1. The standard InChI is InChI=1S/C16H20N2O2/c1-11-10-12(7-9-20-11)18-16-14-4-3-5-15(19-2)13(14)6-8-17-16/h3-6,8,11-12H,7,9-10H2,1-2H3,(H,17,18). The predicted octanol–water partition coefficient (Wildman–Crippen LogP) is 3.22. The number of methoxy groups -OCH3 is 1. The third-order valence-corrected chi connectivity index (χ3v) is 3.81. The molecule has 1 aromatic heterocycles. The van der Waals surface area contributed by atoms with Crippen molar-refractivity contribution in [2.45, 2.75) is 31.9 Å². The van der Waals surface area contributed by atoms with Crippen LogP contribution in [-0.2, 0) is 4.74 Å². The van der Waals surface area contributed by atoms with E-state index in [9.17, 15) is 0 Å². The van der Waals surface area contributed by atoms with Crippen LogP contribution in [0.1, 0.15) is 19.8 Å². The van der Waals surface area contributed by atoms with Crippen LogP contribution in [0, 0.1) is 0 Å². The van der Waals surface area contributed by atoms with E-state index >= 15 is 0 Å². The Balaban J connectivity index is 1.91. The van der Waals surface area contributed by atoms with E-state index in [4.69, 9.17) is 9.47 Å². The van der Waals surface area contributed by atoms with E-state index in [0.717, 1.165) is 41.8 Å². The number of anilines is 1. The van der Waals surface area contributed by atoms with E-state index in [2.05, 4.69) is 23.3 Å². The highest BCUT2D eigenvalue weighted by atomic mass is 16.5. The summed E-state index contributed by atoms with van der Waals surface area (Å²) in [5, 5.41) is 5.75. The van der Waals surface area contributed by atoms with Crippen LogP contribution in [0.2, 0.25) is 0 Å². The van der Waals surface area contributed by atoms with E-state index in [1.54, 1.807) is 7.11 Å². The van der Waals surface area contributed by atoms with Crippen LogP contribution >= 0.6 is 0 Å². The Kier molecular flexibility index (Phi) is 3.74. The quantitative estimate of drug-likeness (QED) is 0.931. The molecule has 0 bridgehead atoms. The topological polar surface area (TPSA) is 43.4 Å². The molecule has 1 aliphatic heterocycles. The average Bonchev–Trinajstić information content (AvgIpc) is 2.47. The second kappa shape index (κ2) is 5.67. The summed E-state index contributed by atoms with van der Waals surface area (Å²) in [6, 6.07) is 8.47. The number of hydrogen-bond donors (Lipinski definition) is 1.